The van der Waals surface area contributed by atoms with Crippen molar-refractivity contribution < 1.29 is 12.8 Å². The molecule has 0 bridgehead atoms. The Bertz CT molecular complexity index is 1450. The zero-order valence-electron chi connectivity index (χ0n) is 18.8. The summed E-state index contributed by atoms with van der Waals surface area (Å²) in [5.41, 5.74) is 10.8. The maximum atomic E-state index is 11.0. The number of benzene rings is 1. The Morgan fingerprint density at radius 3 is 2.71 bits per heavy atom. The van der Waals surface area contributed by atoms with Gasteiger partial charge in [0.05, 0.1) is 11.8 Å². The summed E-state index contributed by atoms with van der Waals surface area (Å²) in [6.07, 6.45) is 7.84. The third-order valence-corrected chi connectivity index (χ3v) is 7.36. The summed E-state index contributed by atoms with van der Waals surface area (Å²) in [5.74, 6) is 0.871. The van der Waals surface area contributed by atoms with E-state index in [1.165, 1.54) is 29.2 Å². The predicted molar refractivity (Wildman–Crippen MR) is 132 cm³/mol. The maximum absolute atomic E-state index is 11.0. The number of rotatable bonds is 10. The molecule has 0 spiro atoms. The van der Waals surface area contributed by atoms with E-state index in [0.717, 1.165) is 29.7 Å². The smallest absolute Gasteiger partial charge is 0.274 e. The van der Waals surface area contributed by atoms with E-state index in [4.69, 9.17) is 20.3 Å². The zero-order chi connectivity index (χ0) is 24.4. The minimum absolute atomic E-state index is 0.189. The molecule has 35 heavy (non-hydrogen) atoms. The Morgan fingerprint density at radius 1 is 1.11 bits per heavy atom. The minimum atomic E-state index is -3.71. The Labute approximate surface area is 206 Å². The monoisotopic (exact) mass is 515 g/mol. The molecule has 0 amide bonds. The number of anilines is 1. The van der Waals surface area contributed by atoms with Crippen molar-refractivity contribution >= 4 is 39.0 Å². The highest BCUT2D eigenvalue weighted by atomic mass is 32.2. The van der Waals surface area contributed by atoms with E-state index < -0.39 is 10.2 Å². The number of nitrogens with zero attached hydrogens (tertiary/aromatic N) is 5. The van der Waals surface area contributed by atoms with Gasteiger partial charge in [-0.3, -0.25) is 0 Å². The number of hydrogen-bond donors (Lipinski definition) is 4. The van der Waals surface area contributed by atoms with Crippen LogP contribution >= 0.6 is 11.8 Å². The van der Waals surface area contributed by atoms with Gasteiger partial charge >= 0.3 is 0 Å². The first-order valence-corrected chi connectivity index (χ1v) is 13.4. The molecule has 0 radical (unpaired) electrons. The molecule has 0 atom stereocenters. The van der Waals surface area contributed by atoms with Crippen LogP contribution in [0.1, 0.15) is 17.5 Å². The topological polar surface area (TPSA) is 180 Å². The van der Waals surface area contributed by atoms with Gasteiger partial charge in [-0.25, -0.2) is 29.8 Å². The fourth-order valence-electron chi connectivity index (χ4n) is 4.12. The van der Waals surface area contributed by atoms with Crippen LogP contribution in [-0.4, -0.2) is 52.6 Å². The lowest BCUT2D eigenvalue weighted by Gasteiger charge is -2.12. The van der Waals surface area contributed by atoms with Crippen molar-refractivity contribution in [1.82, 2.24) is 34.5 Å². The molecule has 5 rings (SSSR count). The number of oxazole rings is 1. The molecule has 184 valence electrons. The fourth-order valence-corrected chi connectivity index (χ4v) is 5.58. The van der Waals surface area contributed by atoms with Gasteiger partial charge in [-0.2, -0.15) is 8.42 Å². The molecule has 1 aliphatic carbocycles. The standard InChI is InChI=1S/C21H25N9O3S2/c22-18-17-19(27-12-26-18)30(8-6-24-4-5-28-35(23,31)32)21(29-17)34-16-11-14-3-1-2-13(14)10-15(16)20-25-7-9-33-20/h7,9-12,24,28H,1-6,8H2,(H2,22,26,27)(H2,23,31,32). The largest absolute Gasteiger partial charge is 0.444 e. The van der Waals surface area contributed by atoms with E-state index >= 15 is 0 Å². The lowest BCUT2D eigenvalue weighted by molar-refractivity contribution is 0.559. The highest BCUT2D eigenvalue weighted by Crippen LogP contribution is 2.40. The average Bonchev–Trinajstić information content (AvgIpc) is 3.56. The van der Waals surface area contributed by atoms with Gasteiger partial charge in [0.2, 0.25) is 5.89 Å². The summed E-state index contributed by atoms with van der Waals surface area (Å²) in [4.78, 5) is 18.6. The zero-order valence-corrected chi connectivity index (χ0v) is 20.4. The summed E-state index contributed by atoms with van der Waals surface area (Å²) in [5, 5.41) is 8.86. The SMILES string of the molecule is Nc1ncnc2c1nc(Sc1cc3c(cc1-c1ncco1)CCC3)n2CCNCCNS(N)(=O)=O. The molecule has 1 aromatic carbocycles. The molecule has 12 nitrogen and oxygen atoms in total. The molecule has 3 heterocycles. The van der Waals surface area contributed by atoms with Crippen LogP contribution in [0.2, 0.25) is 0 Å². The van der Waals surface area contributed by atoms with Gasteiger partial charge in [-0.15, -0.1) is 0 Å². The van der Waals surface area contributed by atoms with Gasteiger partial charge in [0.15, 0.2) is 22.1 Å². The Balaban J connectivity index is 1.43. The highest BCUT2D eigenvalue weighted by Gasteiger charge is 2.22. The molecular formula is C21H25N9O3S2. The summed E-state index contributed by atoms with van der Waals surface area (Å²) in [7, 11) is -3.71. The highest BCUT2D eigenvalue weighted by molar-refractivity contribution is 7.99. The number of nitrogen functional groups attached to an aromatic ring is 1. The Kier molecular flexibility index (Phi) is 6.71. The first kappa shape index (κ1) is 23.7. The number of aromatic nitrogens is 5. The van der Waals surface area contributed by atoms with E-state index in [1.54, 1.807) is 12.5 Å². The molecule has 0 unspecified atom stereocenters. The molecule has 3 aromatic heterocycles. The van der Waals surface area contributed by atoms with Crippen molar-refractivity contribution in [3.05, 3.63) is 42.0 Å². The van der Waals surface area contributed by atoms with Crippen LogP contribution in [0, 0.1) is 0 Å². The van der Waals surface area contributed by atoms with Crippen LogP contribution in [-0.2, 0) is 29.6 Å². The van der Waals surface area contributed by atoms with Crippen LogP contribution in [0.3, 0.4) is 0 Å². The van der Waals surface area contributed by atoms with Crippen molar-refractivity contribution in [3.8, 4) is 11.5 Å². The number of hydrogen-bond acceptors (Lipinski definition) is 10. The lowest BCUT2D eigenvalue weighted by Crippen LogP contribution is -2.36. The van der Waals surface area contributed by atoms with E-state index in [2.05, 4.69) is 37.1 Å². The number of nitrogens with two attached hydrogens (primary N) is 2. The van der Waals surface area contributed by atoms with E-state index in [-0.39, 0.29) is 6.54 Å². The second-order valence-corrected chi connectivity index (χ2v) is 10.5. The molecule has 0 aliphatic heterocycles. The van der Waals surface area contributed by atoms with Gasteiger partial charge in [-0.05, 0) is 42.5 Å². The molecule has 4 aromatic rings. The van der Waals surface area contributed by atoms with Crippen molar-refractivity contribution in [3.63, 3.8) is 0 Å². The summed E-state index contributed by atoms with van der Waals surface area (Å²) in [6.45, 7) is 1.69. The van der Waals surface area contributed by atoms with Gasteiger partial charge < -0.3 is 20.0 Å². The van der Waals surface area contributed by atoms with Crippen LogP contribution in [0.4, 0.5) is 5.82 Å². The normalized spacial score (nSPS) is 13.5. The van der Waals surface area contributed by atoms with Crippen LogP contribution in [0.15, 0.2) is 45.4 Å². The van der Waals surface area contributed by atoms with Crippen LogP contribution < -0.4 is 20.9 Å². The first-order valence-electron chi connectivity index (χ1n) is 11.1. The molecule has 0 saturated carbocycles. The van der Waals surface area contributed by atoms with Gasteiger partial charge in [0.25, 0.3) is 10.2 Å². The Hall–Kier alpha value is -3.04. The molecule has 14 heteroatoms. The molecule has 1 aliphatic rings. The quantitative estimate of drug-likeness (QED) is 0.223. The maximum Gasteiger partial charge on any atom is 0.274 e. The van der Waals surface area contributed by atoms with Crippen LogP contribution in [0.5, 0.6) is 0 Å². The van der Waals surface area contributed by atoms with E-state index in [1.807, 2.05) is 4.57 Å². The number of nitrogens with one attached hydrogen (secondary N) is 2. The van der Waals surface area contributed by atoms with Crippen LogP contribution in [0.25, 0.3) is 22.6 Å². The van der Waals surface area contributed by atoms with Crippen molar-refractivity contribution in [2.75, 3.05) is 25.4 Å². The third kappa shape index (κ3) is 5.31. The molecule has 0 saturated heterocycles. The molecule has 0 fully saturated rings. The summed E-state index contributed by atoms with van der Waals surface area (Å²) in [6, 6.07) is 4.36. The summed E-state index contributed by atoms with van der Waals surface area (Å²) < 4.78 is 31.9. The fraction of sp³-hybridized carbons (Fsp3) is 0.333. The van der Waals surface area contributed by atoms with Gasteiger partial charge in [0.1, 0.15) is 12.6 Å². The average molecular weight is 516 g/mol. The number of aryl methyl sites for hydroxylation is 2. The van der Waals surface area contributed by atoms with E-state index in [0.29, 0.717) is 47.7 Å². The first-order chi connectivity index (χ1) is 16.9. The van der Waals surface area contributed by atoms with Crippen molar-refractivity contribution in [1.29, 1.82) is 0 Å². The second-order valence-electron chi connectivity index (χ2n) is 8.08. The minimum Gasteiger partial charge on any atom is -0.444 e. The molecular weight excluding hydrogens is 490 g/mol. The second kappa shape index (κ2) is 9.91. The van der Waals surface area contributed by atoms with Crippen molar-refractivity contribution in [2.24, 2.45) is 5.14 Å². The number of fused-ring (bicyclic) bond motifs is 2. The number of imidazole rings is 1. The lowest BCUT2D eigenvalue weighted by atomic mass is 10.1. The van der Waals surface area contributed by atoms with Crippen molar-refractivity contribution in [2.45, 2.75) is 35.9 Å². The van der Waals surface area contributed by atoms with Gasteiger partial charge in [0, 0.05) is 31.1 Å². The van der Waals surface area contributed by atoms with Gasteiger partial charge in [-0.1, -0.05) is 11.8 Å². The summed E-state index contributed by atoms with van der Waals surface area (Å²) >= 11 is 1.50. The third-order valence-electron chi connectivity index (χ3n) is 5.70. The molecule has 6 N–H and O–H groups in total. The Morgan fingerprint density at radius 2 is 1.94 bits per heavy atom. The predicted octanol–water partition coefficient (Wildman–Crippen LogP) is 1.09. The van der Waals surface area contributed by atoms with E-state index in [9.17, 15) is 8.42 Å².